The predicted octanol–water partition coefficient (Wildman–Crippen LogP) is 2.84. The van der Waals surface area contributed by atoms with Gasteiger partial charge in [-0.15, -0.1) is 0 Å². The summed E-state index contributed by atoms with van der Waals surface area (Å²) in [6, 6.07) is 15.5. The molecule has 2 aromatic carbocycles. The van der Waals surface area contributed by atoms with Gasteiger partial charge in [-0.1, -0.05) is 30.3 Å². The van der Waals surface area contributed by atoms with Crippen molar-refractivity contribution in [3.8, 4) is 6.07 Å². The molecule has 116 valence electrons. The van der Waals surface area contributed by atoms with E-state index in [0.717, 1.165) is 5.56 Å². The van der Waals surface area contributed by atoms with Crippen molar-refractivity contribution in [2.45, 2.75) is 13.0 Å². The molecule has 0 aromatic heterocycles. The Morgan fingerprint density at radius 2 is 1.78 bits per heavy atom. The first-order chi connectivity index (χ1) is 11.0. The number of nitrogens with one attached hydrogen (secondary N) is 1. The Labute approximate surface area is 134 Å². The van der Waals surface area contributed by atoms with Crippen LogP contribution in [0.3, 0.4) is 0 Å². The summed E-state index contributed by atoms with van der Waals surface area (Å²) in [6.45, 7) is 1.86. The van der Waals surface area contributed by atoms with E-state index in [0.29, 0.717) is 0 Å². The Morgan fingerprint density at radius 1 is 1.13 bits per heavy atom. The molecule has 0 heterocycles. The maximum absolute atomic E-state index is 12.4. The van der Waals surface area contributed by atoms with E-state index in [2.05, 4.69) is 10.1 Å². The Bertz CT molecular complexity index is 764. The van der Waals surface area contributed by atoms with Crippen LogP contribution in [0.2, 0.25) is 0 Å². The van der Waals surface area contributed by atoms with Gasteiger partial charge in [-0.05, 0) is 30.7 Å². The Morgan fingerprint density at radius 3 is 2.39 bits per heavy atom. The number of esters is 1. The molecule has 1 N–H and O–H groups in total. The van der Waals surface area contributed by atoms with E-state index in [1.165, 1.54) is 25.3 Å². The molecular weight excluding hydrogens is 292 g/mol. The lowest BCUT2D eigenvalue weighted by molar-refractivity contribution is 0.0600. The van der Waals surface area contributed by atoms with Gasteiger partial charge in [-0.2, -0.15) is 5.26 Å². The third kappa shape index (κ3) is 3.95. The highest BCUT2D eigenvalue weighted by atomic mass is 16.5. The molecule has 0 aliphatic carbocycles. The van der Waals surface area contributed by atoms with Crippen LogP contribution in [-0.2, 0) is 4.74 Å². The summed E-state index contributed by atoms with van der Waals surface area (Å²) in [7, 11) is 1.25. The molecular formula is C18H16N2O3. The molecule has 0 aliphatic rings. The van der Waals surface area contributed by atoms with Gasteiger partial charge in [0.05, 0.1) is 30.3 Å². The monoisotopic (exact) mass is 308 g/mol. The zero-order valence-electron chi connectivity index (χ0n) is 12.9. The van der Waals surface area contributed by atoms with Crippen LogP contribution < -0.4 is 5.32 Å². The number of carbonyl (C=O) groups excluding carboxylic acids is 2. The first kappa shape index (κ1) is 16.2. The molecule has 23 heavy (non-hydrogen) atoms. The van der Waals surface area contributed by atoms with E-state index < -0.39 is 5.97 Å². The molecule has 0 radical (unpaired) electrons. The van der Waals surface area contributed by atoms with E-state index in [-0.39, 0.29) is 28.6 Å². The normalized spacial score (nSPS) is 11.2. The van der Waals surface area contributed by atoms with Crippen molar-refractivity contribution in [1.82, 2.24) is 5.32 Å². The molecule has 0 aliphatic heterocycles. The van der Waals surface area contributed by atoms with Crippen LogP contribution in [0.4, 0.5) is 0 Å². The van der Waals surface area contributed by atoms with Crippen LogP contribution >= 0.6 is 0 Å². The highest BCUT2D eigenvalue weighted by Crippen LogP contribution is 2.15. The maximum Gasteiger partial charge on any atom is 0.337 e. The minimum absolute atomic E-state index is 0.170. The smallest absolute Gasteiger partial charge is 0.337 e. The fraction of sp³-hybridized carbons (Fsp3) is 0.167. The second kappa shape index (κ2) is 7.23. The second-order valence-corrected chi connectivity index (χ2v) is 5.01. The molecule has 5 nitrogen and oxygen atoms in total. The minimum Gasteiger partial charge on any atom is -0.465 e. The molecule has 5 heteroatoms. The number of nitriles is 1. The van der Waals surface area contributed by atoms with Gasteiger partial charge in [0.25, 0.3) is 5.91 Å². The molecule has 1 amide bonds. The van der Waals surface area contributed by atoms with Crippen LogP contribution in [-0.4, -0.2) is 19.0 Å². The van der Waals surface area contributed by atoms with Crippen molar-refractivity contribution in [2.24, 2.45) is 0 Å². The number of rotatable bonds is 4. The Balaban J connectivity index is 2.25. The van der Waals surface area contributed by atoms with Crippen molar-refractivity contribution in [3.63, 3.8) is 0 Å². The van der Waals surface area contributed by atoms with Gasteiger partial charge < -0.3 is 10.1 Å². The van der Waals surface area contributed by atoms with E-state index in [1.54, 1.807) is 0 Å². The maximum atomic E-state index is 12.4. The van der Waals surface area contributed by atoms with Crippen molar-refractivity contribution >= 4 is 11.9 Å². The lowest BCUT2D eigenvalue weighted by Gasteiger charge is -2.14. The number of hydrogen-bond donors (Lipinski definition) is 1. The van der Waals surface area contributed by atoms with Gasteiger partial charge in [0.2, 0.25) is 0 Å². The Hall–Kier alpha value is -3.13. The van der Waals surface area contributed by atoms with Crippen molar-refractivity contribution in [3.05, 3.63) is 70.8 Å². The average Bonchev–Trinajstić information content (AvgIpc) is 2.61. The van der Waals surface area contributed by atoms with Crippen molar-refractivity contribution in [1.29, 1.82) is 5.26 Å². The molecule has 2 rings (SSSR count). The number of benzene rings is 2. The summed E-state index contributed by atoms with van der Waals surface area (Å²) < 4.78 is 4.64. The Kier molecular flexibility index (Phi) is 5.11. The van der Waals surface area contributed by atoms with Crippen LogP contribution in [0.25, 0.3) is 0 Å². The number of carbonyl (C=O) groups is 2. The quantitative estimate of drug-likeness (QED) is 0.881. The average molecular weight is 308 g/mol. The topological polar surface area (TPSA) is 79.2 Å². The first-order valence-electron chi connectivity index (χ1n) is 7.04. The van der Waals surface area contributed by atoms with E-state index in [4.69, 9.17) is 5.26 Å². The van der Waals surface area contributed by atoms with Crippen LogP contribution in [0.1, 0.15) is 44.8 Å². The zero-order valence-corrected chi connectivity index (χ0v) is 12.9. The van der Waals surface area contributed by atoms with Crippen LogP contribution in [0.15, 0.2) is 48.5 Å². The zero-order chi connectivity index (χ0) is 16.8. The number of ether oxygens (including phenoxy) is 1. The van der Waals surface area contributed by atoms with E-state index >= 15 is 0 Å². The predicted molar refractivity (Wildman–Crippen MR) is 84.8 cm³/mol. The molecule has 0 saturated carbocycles. The highest BCUT2D eigenvalue weighted by Gasteiger charge is 2.15. The SMILES string of the molecule is COC(=O)c1cc(C#N)cc(C(=O)NC(C)c2ccccc2)c1. The summed E-state index contributed by atoms with van der Waals surface area (Å²) in [5.41, 5.74) is 1.60. The van der Waals surface area contributed by atoms with Gasteiger partial charge in [0.15, 0.2) is 0 Å². The van der Waals surface area contributed by atoms with Gasteiger partial charge in [0.1, 0.15) is 0 Å². The fourth-order valence-corrected chi connectivity index (χ4v) is 2.16. The lowest BCUT2D eigenvalue weighted by Crippen LogP contribution is -2.27. The minimum atomic E-state index is -0.591. The molecule has 0 saturated heterocycles. The molecule has 0 spiro atoms. The van der Waals surface area contributed by atoms with E-state index in [1.807, 2.05) is 43.3 Å². The molecule has 0 fully saturated rings. The summed E-state index contributed by atoms with van der Waals surface area (Å²) >= 11 is 0. The largest absolute Gasteiger partial charge is 0.465 e. The van der Waals surface area contributed by atoms with Crippen LogP contribution in [0, 0.1) is 11.3 Å². The molecule has 1 atom stereocenters. The van der Waals surface area contributed by atoms with Gasteiger partial charge in [-0.25, -0.2) is 4.79 Å². The second-order valence-electron chi connectivity index (χ2n) is 5.01. The third-order valence-corrected chi connectivity index (χ3v) is 3.39. The van der Waals surface area contributed by atoms with Crippen molar-refractivity contribution in [2.75, 3.05) is 7.11 Å². The highest BCUT2D eigenvalue weighted by molar-refractivity contribution is 5.98. The fourth-order valence-electron chi connectivity index (χ4n) is 2.16. The van der Waals surface area contributed by atoms with Gasteiger partial charge in [-0.3, -0.25) is 4.79 Å². The van der Waals surface area contributed by atoms with Crippen molar-refractivity contribution < 1.29 is 14.3 Å². The summed E-state index contributed by atoms with van der Waals surface area (Å²) in [6.07, 6.45) is 0. The summed E-state index contributed by atoms with van der Waals surface area (Å²) in [5.74, 6) is -0.948. The summed E-state index contributed by atoms with van der Waals surface area (Å²) in [4.78, 5) is 24.0. The first-order valence-corrected chi connectivity index (χ1v) is 7.04. The summed E-state index contributed by atoms with van der Waals surface area (Å²) in [5, 5.41) is 11.9. The van der Waals surface area contributed by atoms with Gasteiger partial charge in [0, 0.05) is 5.56 Å². The van der Waals surface area contributed by atoms with Crippen LogP contribution in [0.5, 0.6) is 0 Å². The number of hydrogen-bond acceptors (Lipinski definition) is 4. The van der Waals surface area contributed by atoms with E-state index in [9.17, 15) is 9.59 Å². The number of amides is 1. The molecule has 0 bridgehead atoms. The molecule has 1 unspecified atom stereocenters. The lowest BCUT2D eigenvalue weighted by atomic mass is 10.0. The molecule has 2 aromatic rings. The van der Waals surface area contributed by atoms with Gasteiger partial charge >= 0.3 is 5.97 Å². The number of methoxy groups -OCH3 is 1. The third-order valence-electron chi connectivity index (χ3n) is 3.39. The standard InChI is InChI=1S/C18H16N2O3/c1-12(14-6-4-3-5-7-14)20-17(21)15-8-13(11-19)9-16(10-15)18(22)23-2/h3-10,12H,1-2H3,(H,20,21). The number of nitrogens with zero attached hydrogens (tertiary/aromatic N) is 1.